The van der Waals surface area contributed by atoms with Crippen molar-refractivity contribution in [1.82, 2.24) is 15.0 Å². The molecule has 1 saturated heterocycles. The molecule has 1 N–H and O–H groups in total. The van der Waals surface area contributed by atoms with Crippen LogP contribution in [0.3, 0.4) is 0 Å². The Bertz CT molecular complexity index is 637. The maximum absolute atomic E-state index is 13.0. The number of aromatic amines is 1. The van der Waals surface area contributed by atoms with Crippen LogP contribution in [0.25, 0.3) is 0 Å². The Hall–Kier alpha value is -2.05. The number of nitrogens with zero attached hydrogens (tertiary/aromatic N) is 3. The van der Waals surface area contributed by atoms with Crippen molar-refractivity contribution < 1.29 is 13.2 Å². The quantitative estimate of drug-likeness (QED) is 0.923. The predicted molar refractivity (Wildman–Crippen MR) is 76.8 cm³/mol. The Kier molecular flexibility index (Phi) is 3.80. The summed E-state index contributed by atoms with van der Waals surface area (Å²) in [7, 11) is 0. The molecule has 0 aliphatic carbocycles. The summed E-state index contributed by atoms with van der Waals surface area (Å²) in [6, 6.07) is 2.22. The summed E-state index contributed by atoms with van der Waals surface area (Å²) < 4.78 is 38.9. The number of piperidine rings is 1. The highest BCUT2D eigenvalue weighted by Crippen LogP contribution is 2.33. The Balaban J connectivity index is 1.86. The molecule has 0 bridgehead atoms. The van der Waals surface area contributed by atoms with Crippen molar-refractivity contribution in [2.75, 3.05) is 18.0 Å². The maximum Gasteiger partial charge on any atom is 0.416 e. The number of aryl methyl sites for hydroxylation is 1. The van der Waals surface area contributed by atoms with E-state index >= 15 is 0 Å². The summed E-state index contributed by atoms with van der Waals surface area (Å²) in [4.78, 5) is 13.5. The summed E-state index contributed by atoms with van der Waals surface area (Å²) in [5.74, 6) is 1.47. The van der Waals surface area contributed by atoms with Crippen molar-refractivity contribution in [3.05, 3.63) is 41.6 Å². The van der Waals surface area contributed by atoms with Crippen molar-refractivity contribution in [2.45, 2.75) is 31.9 Å². The summed E-state index contributed by atoms with van der Waals surface area (Å²) in [5, 5.41) is 0. The highest BCUT2D eigenvalue weighted by Gasteiger charge is 2.32. The zero-order valence-electron chi connectivity index (χ0n) is 12.2. The zero-order chi connectivity index (χ0) is 15.7. The molecule has 2 aromatic heterocycles. The van der Waals surface area contributed by atoms with Gasteiger partial charge in [0.05, 0.1) is 5.56 Å². The number of hydrogen-bond acceptors (Lipinski definition) is 3. The molecule has 3 heterocycles. The summed E-state index contributed by atoms with van der Waals surface area (Å²) >= 11 is 0. The molecule has 7 heteroatoms. The minimum atomic E-state index is -4.35. The molecule has 1 aliphatic rings. The van der Waals surface area contributed by atoms with Crippen LogP contribution in [0.1, 0.15) is 35.8 Å². The summed E-state index contributed by atoms with van der Waals surface area (Å²) in [5.41, 5.74) is -0.264. The molecular formula is C15H17F3N4. The second-order valence-electron chi connectivity index (χ2n) is 5.61. The lowest BCUT2D eigenvalue weighted by Gasteiger charge is -2.33. The number of halogens is 3. The first kappa shape index (κ1) is 14.9. The number of H-pyrrole nitrogens is 1. The second-order valence-corrected chi connectivity index (χ2v) is 5.61. The molecule has 0 radical (unpaired) electrons. The van der Waals surface area contributed by atoms with Crippen LogP contribution in [0.4, 0.5) is 19.0 Å². The number of nitrogens with one attached hydrogen (secondary N) is 1. The SMILES string of the molecule is Cc1cc(C(F)(F)F)cc(N2CCCC(c3ncc[nH]3)C2)n1. The zero-order valence-corrected chi connectivity index (χ0v) is 12.2. The fraction of sp³-hybridized carbons (Fsp3) is 0.467. The molecule has 4 nitrogen and oxygen atoms in total. The van der Waals surface area contributed by atoms with E-state index in [1.54, 1.807) is 19.3 Å². The molecule has 2 aromatic rings. The highest BCUT2D eigenvalue weighted by atomic mass is 19.4. The van der Waals surface area contributed by atoms with E-state index in [0.717, 1.165) is 30.8 Å². The fourth-order valence-corrected chi connectivity index (χ4v) is 2.89. The normalized spacial score (nSPS) is 19.5. The molecule has 0 saturated carbocycles. The van der Waals surface area contributed by atoms with Gasteiger partial charge in [-0.2, -0.15) is 13.2 Å². The van der Waals surface area contributed by atoms with Gasteiger partial charge in [-0.25, -0.2) is 9.97 Å². The minimum absolute atomic E-state index is 0.195. The molecule has 0 amide bonds. The molecule has 0 aromatic carbocycles. The molecule has 1 aliphatic heterocycles. The van der Waals surface area contributed by atoms with Crippen molar-refractivity contribution >= 4 is 5.82 Å². The Morgan fingerprint density at radius 2 is 2.14 bits per heavy atom. The lowest BCUT2D eigenvalue weighted by Crippen LogP contribution is -2.35. The molecule has 3 rings (SSSR count). The number of hydrogen-bond donors (Lipinski definition) is 1. The van der Waals surface area contributed by atoms with Crippen LogP contribution in [0.15, 0.2) is 24.5 Å². The average molecular weight is 310 g/mol. The van der Waals surface area contributed by atoms with Crippen molar-refractivity contribution in [3.63, 3.8) is 0 Å². The smallest absolute Gasteiger partial charge is 0.356 e. The van der Waals surface area contributed by atoms with Gasteiger partial charge in [0.15, 0.2) is 0 Å². The third-order valence-electron chi connectivity index (χ3n) is 3.92. The minimum Gasteiger partial charge on any atom is -0.356 e. The van der Waals surface area contributed by atoms with Gasteiger partial charge in [0.1, 0.15) is 11.6 Å². The van der Waals surface area contributed by atoms with Gasteiger partial charge in [-0.05, 0) is 31.9 Å². The van der Waals surface area contributed by atoms with Gasteiger partial charge in [0.25, 0.3) is 0 Å². The largest absolute Gasteiger partial charge is 0.416 e. The number of rotatable bonds is 2. The van der Waals surface area contributed by atoms with E-state index in [0.29, 0.717) is 24.6 Å². The summed E-state index contributed by atoms with van der Waals surface area (Å²) in [6.07, 6.45) is 0.991. The number of pyridine rings is 1. The maximum atomic E-state index is 13.0. The second kappa shape index (κ2) is 5.62. The van der Waals surface area contributed by atoms with E-state index in [-0.39, 0.29) is 5.92 Å². The lowest BCUT2D eigenvalue weighted by atomic mass is 9.97. The van der Waals surface area contributed by atoms with Crippen LogP contribution in [0.5, 0.6) is 0 Å². The third kappa shape index (κ3) is 3.08. The van der Waals surface area contributed by atoms with Gasteiger partial charge in [-0.1, -0.05) is 0 Å². The van der Waals surface area contributed by atoms with E-state index in [9.17, 15) is 13.2 Å². The Morgan fingerprint density at radius 3 is 2.82 bits per heavy atom. The molecule has 22 heavy (non-hydrogen) atoms. The fourth-order valence-electron chi connectivity index (χ4n) is 2.89. The molecule has 1 atom stereocenters. The van der Waals surface area contributed by atoms with Crippen LogP contribution in [-0.4, -0.2) is 28.0 Å². The Labute approximate surface area is 126 Å². The predicted octanol–water partition coefficient (Wildman–Crippen LogP) is 3.52. The van der Waals surface area contributed by atoms with E-state index < -0.39 is 11.7 Å². The van der Waals surface area contributed by atoms with Gasteiger partial charge in [0.2, 0.25) is 0 Å². The third-order valence-corrected chi connectivity index (χ3v) is 3.92. The first-order valence-corrected chi connectivity index (χ1v) is 7.23. The van der Waals surface area contributed by atoms with E-state index in [2.05, 4.69) is 15.0 Å². The number of anilines is 1. The van der Waals surface area contributed by atoms with Gasteiger partial charge < -0.3 is 9.88 Å². The molecular weight excluding hydrogens is 293 g/mol. The molecule has 1 fully saturated rings. The molecule has 1 unspecified atom stereocenters. The van der Waals surface area contributed by atoms with Gasteiger partial charge in [-0.15, -0.1) is 0 Å². The average Bonchev–Trinajstić information content (AvgIpc) is 3.00. The molecule has 118 valence electrons. The number of aromatic nitrogens is 3. The molecule has 0 spiro atoms. The number of alkyl halides is 3. The van der Waals surface area contributed by atoms with E-state index in [4.69, 9.17) is 0 Å². The topological polar surface area (TPSA) is 44.8 Å². The van der Waals surface area contributed by atoms with Crippen molar-refractivity contribution in [2.24, 2.45) is 0 Å². The lowest BCUT2D eigenvalue weighted by molar-refractivity contribution is -0.137. The highest BCUT2D eigenvalue weighted by molar-refractivity contribution is 5.44. The van der Waals surface area contributed by atoms with Crippen molar-refractivity contribution in [3.8, 4) is 0 Å². The van der Waals surface area contributed by atoms with Gasteiger partial charge >= 0.3 is 6.18 Å². The summed E-state index contributed by atoms with van der Waals surface area (Å²) in [6.45, 7) is 2.93. The van der Waals surface area contributed by atoms with Crippen LogP contribution < -0.4 is 4.90 Å². The van der Waals surface area contributed by atoms with E-state index in [1.165, 1.54) is 0 Å². The number of imidazole rings is 1. The Morgan fingerprint density at radius 1 is 1.32 bits per heavy atom. The van der Waals surface area contributed by atoms with Gasteiger partial charge in [-0.3, -0.25) is 0 Å². The van der Waals surface area contributed by atoms with Crippen LogP contribution in [0, 0.1) is 6.92 Å². The standard InChI is InChI=1S/C15H17F3N4/c1-10-7-12(15(16,17)18)8-13(21-10)22-6-2-3-11(9-22)14-19-4-5-20-14/h4-5,7-8,11H,2-3,6,9H2,1H3,(H,19,20). The van der Waals surface area contributed by atoms with E-state index in [1.807, 2.05) is 4.90 Å². The monoisotopic (exact) mass is 310 g/mol. The van der Waals surface area contributed by atoms with Crippen molar-refractivity contribution in [1.29, 1.82) is 0 Å². The van der Waals surface area contributed by atoms with Gasteiger partial charge in [0, 0.05) is 37.1 Å². The van der Waals surface area contributed by atoms with Crippen LogP contribution in [-0.2, 0) is 6.18 Å². The van der Waals surface area contributed by atoms with Crippen LogP contribution >= 0.6 is 0 Å². The first-order chi connectivity index (χ1) is 10.4. The van der Waals surface area contributed by atoms with Crippen LogP contribution in [0.2, 0.25) is 0 Å². The first-order valence-electron chi connectivity index (χ1n) is 7.23.